The molecule has 0 fully saturated rings. The third kappa shape index (κ3) is 6.23. The van der Waals surface area contributed by atoms with Crippen LogP contribution < -0.4 is 10.6 Å². The Morgan fingerprint density at radius 3 is 2.33 bits per heavy atom. The first kappa shape index (κ1) is 23.2. The Bertz CT molecular complexity index is 967. The fourth-order valence-corrected chi connectivity index (χ4v) is 3.83. The smallest absolute Gasteiger partial charge is 0.348 e. The quantitative estimate of drug-likeness (QED) is 0.378. The first-order valence-electron chi connectivity index (χ1n) is 9.20. The summed E-state index contributed by atoms with van der Waals surface area (Å²) in [6.45, 7) is 5.39. The zero-order valence-corrected chi connectivity index (χ0v) is 18.4. The topological polar surface area (TPSA) is 93.7 Å². The number of anilines is 1. The van der Waals surface area contributed by atoms with Crippen molar-refractivity contribution in [3.05, 3.63) is 58.0 Å². The minimum atomic E-state index is -0.595. The van der Waals surface area contributed by atoms with E-state index < -0.39 is 17.8 Å². The van der Waals surface area contributed by atoms with E-state index in [2.05, 4.69) is 10.6 Å². The lowest BCUT2D eigenvalue weighted by molar-refractivity contribution is -0.115. The van der Waals surface area contributed by atoms with Gasteiger partial charge in [-0.05, 0) is 50.2 Å². The molecule has 0 saturated heterocycles. The van der Waals surface area contributed by atoms with Crippen molar-refractivity contribution >= 4 is 57.6 Å². The third-order valence-electron chi connectivity index (χ3n) is 3.78. The lowest BCUT2D eigenvalue weighted by Gasteiger charge is -2.09. The van der Waals surface area contributed by atoms with Gasteiger partial charge in [0.05, 0.1) is 18.8 Å². The molecule has 1 aromatic heterocycles. The molecule has 2 rings (SSSR count). The zero-order valence-electron chi connectivity index (χ0n) is 16.8. The van der Waals surface area contributed by atoms with Crippen molar-refractivity contribution in [1.29, 1.82) is 0 Å². The van der Waals surface area contributed by atoms with Crippen LogP contribution in [0.25, 0.3) is 6.08 Å². The van der Waals surface area contributed by atoms with Gasteiger partial charge in [0.15, 0.2) is 5.11 Å². The van der Waals surface area contributed by atoms with Crippen LogP contribution in [0.5, 0.6) is 0 Å². The Kier molecular flexibility index (Phi) is 8.70. The Hall–Kier alpha value is -3.04. The minimum Gasteiger partial charge on any atom is -0.462 e. The number of nitrogens with one attached hydrogen (secondary N) is 2. The normalized spacial score (nSPS) is 10.5. The number of thiocarbonyl (C=S) groups is 1. The molecule has 0 aliphatic heterocycles. The number of carbonyl (C=O) groups is 3. The molecule has 0 unspecified atom stereocenters. The molecule has 9 heteroatoms. The highest BCUT2D eigenvalue weighted by atomic mass is 32.1. The van der Waals surface area contributed by atoms with Crippen LogP contribution in [0, 0.1) is 6.92 Å². The number of thiophene rings is 1. The molecular formula is C21H22N2O5S2. The molecule has 7 nitrogen and oxygen atoms in total. The number of amides is 1. The second kappa shape index (κ2) is 11.2. The molecule has 1 amide bonds. The number of hydrogen-bond acceptors (Lipinski definition) is 7. The Morgan fingerprint density at radius 2 is 1.70 bits per heavy atom. The highest BCUT2D eigenvalue weighted by Crippen LogP contribution is 2.34. The van der Waals surface area contributed by atoms with Crippen LogP contribution in [-0.2, 0) is 14.3 Å². The van der Waals surface area contributed by atoms with E-state index in [0.29, 0.717) is 10.6 Å². The van der Waals surface area contributed by atoms with E-state index in [9.17, 15) is 14.4 Å². The Balaban J connectivity index is 2.17. The van der Waals surface area contributed by atoms with Crippen molar-refractivity contribution < 1.29 is 23.9 Å². The molecule has 0 radical (unpaired) electrons. The molecule has 1 aromatic carbocycles. The van der Waals surface area contributed by atoms with Crippen LogP contribution in [0.2, 0.25) is 0 Å². The standard InChI is InChI=1S/C21H22N2O5S2/c1-4-27-19(25)16-13(3)17(20(26)28-5-2)30-18(16)23-21(29)22-15(24)12-11-14-9-7-6-8-10-14/h6-12H,4-5H2,1-3H3,(H2,22,23,24,29)/b12-11-. The van der Waals surface area contributed by atoms with Crippen molar-refractivity contribution in [2.75, 3.05) is 18.5 Å². The van der Waals surface area contributed by atoms with E-state index in [1.165, 1.54) is 6.08 Å². The van der Waals surface area contributed by atoms with Gasteiger partial charge in [0, 0.05) is 6.08 Å². The fraction of sp³-hybridized carbons (Fsp3) is 0.238. The molecule has 158 valence electrons. The van der Waals surface area contributed by atoms with Crippen LogP contribution in [0.15, 0.2) is 36.4 Å². The summed E-state index contributed by atoms with van der Waals surface area (Å²) in [5, 5.41) is 5.61. The summed E-state index contributed by atoms with van der Waals surface area (Å²) < 4.78 is 10.1. The molecular weight excluding hydrogens is 424 g/mol. The van der Waals surface area contributed by atoms with Gasteiger partial charge in [-0.2, -0.15) is 0 Å². The van der Waals surface area contributed by atoms with Crippen LogP contribution in [0.3, 0.4) is 0 Å². The summed E-state index contributed by atoms with van der Waals surface area (Å²) >= 11 is 6.20. The number of hydrogen-bond donors (Lipinski definition) is 2. The van der Waals surface area contributed by atoms with E-state index in [1.54, 1.807) is 26.8 Å². The summed E-state index contributed by atoms with van der Waals surface area (Å²) in [5.74, 6) is -1.57. The van der Waals surface area contributed by atoms with Crippen molar-refractivity contribution in [3.8, 4) is 0 Å². The first-order chi connectivity index (χ1) is 14.4. The maximum atomic E-state index is 12.4. The summed E-state index contributed by atoms with van der Waals surface area (Å²) in [7, 11) is 0. The first-order valence-corrected chi connectivity index (χ1v) is 10.4. The molecule has 0 aliphatic carbocycles. The van der Waals surface area contributed by atoms with E-state index in [4.69, 9.17) is 21.7 Å². The zero-order chi connectivity index (χ0) is 22.1. The van der Waals surface area contributed by atoms with Gasteiger partial charge in [0.1, 0.15) is 9.88 Å². The Morgan fingerprint density at radius 1 is 1.07 bits per heavy atom. The van der Waals surface area contributed by atoms with Crippen molar-refractivity contribution in [2.24, 2.45) is 0 Å². The second-order valence-corrected chi connectivity index (χ2v) is 7.32. The predicted molar refractivity (Wildman–Crippen MR) is 121 cm³/mol. The fourth-order valence-electron chi connectivity index (χ4n) is 2.47. The SMILES string of the molecule is CCOC(=O)c1sc(NC(=S)NC(=O)/C=C\c2ccccc2)c(C(=O)OCC)c1C. The molecule has 0 aliphatic rings. The molecule has 2 N–H and O–H groups in total. The van der Waals surface area contributed by atoms with Crippen molar-refractivity contribution in [3.63, 3.8) is 0 Å². The molecule has 2 aromatic rings. The highest BCUT2D eigenvalue weighted by molar-refractivity contribution is 7.80. The minimum absolute atomic E-state index is 0.0140. The summed E-state index contributed by atoms with van der Waals surface area (Å²) in [6, 6.07) is 9.32. The maximum Gasteiger partial charge on any atom is 0.348 e. The maximum absolute atomic E-state index is 12.4. The predicted octanol–water partition coefficient (Wildman–Crippen LogP) is 3.94. The van der Waals surface area contributed by atoms with Crippen molar-refractivity contribution in [1.82, 2.24) is 5.32 Å². The molecule has 0 atom stereocenters. The number of esters is 2. The van der Waals surface area contributed by atoms with Crippen LogP contribution >= 0.6 is 23.6 Å². The Labute approximate surface area is 184 Å². The molecule has 0 spiro atoms. The van der Waals surface area contributed by atoms with Gasteiger partial charge in [-0.15, -0.1) is 11.3 Å². The number of ether oxygens (including phenoxy) is 2. The monoisotopic (exact) mass is 446 g/mol. The van der Waals surface area contributed by atoms with Crippen LogP contribution in [-0.4, -0.2) is 36.2 Å². The average Bonchev–Trinajstić information content (AvgIpc) is 3.03. The van der Waals surface area contributed by atoms with Gasteiger partial charge in [-0.1, -0.05) is 30.3 Å². The largest absolute Gasteiger partial charge is 0.462 e. The van der Waals surface area contributed by atoms with Crippen LogP contribution in [0.4, 0.5) is 5.00 Å². The second-order valence-electron chi connectivity index (χ2n) is 5.89. The van der Waals surface area contributed by atoms with E-state index in [1.807, 2.05) is 30.3 Å². The number of rotatable bonds is 7. The number of benzene rings is 1. The molecule has 0 bridgehead atoms. The highest BCUT2D eigenvalue weighted by Gasteiger charge is 2.26. The lowest BCUT2D eigenvalue weighted by Crippen LogP contribution is -2.33. The number of carbonyl (C=O) groups excluding carboxylic acids is 3. The molecule has 1 heterocycles. The van der Waals surface area contributed by atoms with E-state index in [-0.39, 0.29) is 28.8 Å². The van der Waals surface area contributed by atoms with Gasteiger partial charge >= 0.3 is 11.9 Å². The average molecular weight is 447 g/mol. The molecule has 30 heavy (non-hydrogen) atoms. The third-order valence-corrected chi connectivity index (χ3v) is 5.17. The lowest BCUT2D eigenvalue weighted by atomic mass is 10.1. The van der Waals surface area contributed by atoms with Crippen LogP contribution in [0.1, 0.15) is 45.0 Å². The summed E-state index contributed by atoms with van der Waals surface area (Å²) in [4.78, 5) is 37.0. The van der Waals surface area contributed by atoms with Gasteiger partial charge in [-0.25, -0.2) is 9.59 Å². The van der Waals surface area contributed by atoms with Gasteiger partial charge in [-0.3, -0.25) is 10.1 Å². The molecule has 0 saturated carbocycles. The van der Waals surface area contributed by atoms with E-state index >= 15 is 0 Å². The van der Waals surface area contributed by atoms with Crippen molar-refractivity contribution in [2.45, 2.75) is 20.8 Å². The summed E-state index contributed by atoms with van der Waals surface area (Å²) in [6.07, 6.45) is 3.00. The van der Waals surface area contributed by atoms with Gasteiger partial charge < -0.3 is 14.8 Å². The van der Waals surface area contributed by atoms with E-state index in [0.717, 1.165) is 16.9 Å². The van der Waals surface area contributed by atoms with Gasteiger partial charge in [0.25, 0.3) is 0 Å². The van der Waals surface area contributed by atoms with Gasteiger partial charge in [0.2, 0.25) is 5.91 Å². The summed E-state index contributed by atoms with van der Waals surface area (Å²) in [5.41, 5.74) is 1.47.